The fraction of sp³-hybridized carbons (Fsp3) is 0.0526. The first-order chi connectivity index (χ1) is 11.7. The maximum Gasteiger partial charge on any atom is 0.137 e. The zero-order valence-electron chi connectivity index (χ0n) is 13.3. The van der Waals surface area contributed by atoms with Gasteiger partial charge in [0, 0.05) is 36.9 Å². The Morgan fingerprint density at radius 3 is 2.75 bits per heavy atom. The molecule has 0 saturated carbocycles. The van der Waals surface area contributed by atoms with Crippen molar-refractivity contribution in [2.45, 2.75) is 0 Å². The molecule has 0 atom stereocenters. The topological polar surface area (TPSA) is 61.1 Å². The Labute approximate surface area is 139 Å². The Balaban J connectivity index is 1.70. The number of aromatic nitrogens is 4. The summed E-state index contributed by atoms with van der Waals surface area (Å²) in [6.07, 6.45) is 11.6. The van der Waals surface area contributed by atoms with Gasteiger partial charge in [0.05, 0.1) is 11.9 Å². The van der Waals surface area contributed by atoms with Gasteiger partial charge in [0.25, 0.3) is 0 Å². The van der Waals surface area contributed by atoms with Gasteiger partial charge in [-0.15, -0.1) is 0 Å². The molecule has 0 aliphatic heterocycles. The molecule has 5 heteroatoms. The van der Waals surface area contributed by atoms with E-state index >= 15 is 0 Å². The average Bonchev–Trinajstić information content (AvgIpc) is 3.18. The van der Waals surface area contributed by atoms with Crippen molar-refractivity contribution in [3.63, 3.8) is 0 Å². The van der Waals surface area contributed by atoms with Crippen molar-refractivity contribution in [2.24, 2.45) is 7.05 Å². The van der Waals surface area contributed by atoms with Crippen LogP contribution in [-0.4, -0.2) is 18.9 Å². The van der Waals surface area contributed by atoms with E-state index in [0.717, 1.165) is 34.0 Å². The van der Waals surface area contributed by atoms with Gasteiger partial charge in [-0.2, -0.15) is 0 Å². The van der Waals surface area contributed by atoms with Gasteiger partial charge in [0.1, 0.15) is 11.5 Å². The molecule has 118 valence electrons. The highest BCUT2D eigenvalue weighted by atomic mass is 15.0. The molecule has 0 fully saturated rings. The first kappa shape index (κ1) is 14.3. The van der Waals surface area contributed by atoms with Gasteiger partial charge in [0.2, 0.25) is 0 Å². The quantitative estimate of drug-likeness (QED) is 0.589. The lowest BCUT2D eigenvalue weighted by Gasteiger charge is -2.04. The number of nitrogens with zero attached hydrogens (tertiary/aromatic N) is 4. The van der Waals surface area contributed by atoms with E-state index in [1.807, 2.05) is 66.6 Å². The van der Waals surface area contributed by atoms with Crippen molar-refractivity contribution in [3.05, 3.63) is 72.6 Å². The summed E-state index contributed by atoms with van der Waals surface area (Å²) in [6, 6.07) is 11.9. The third kappa shape index (κ3) is 2.56. The highest BCUT2D eigenvalue weighted by Crippen LogP contribution is 2.23. The molecule has 0 amide bonds. The molecule has 0 aliphatic carbocycles. The second-order valence-electron chi connectivity index (χ2n) is 5.69. The minimum atomic E-state index is 0.747. The van der Waals surface area contributed by atoms with Gasteiger partial charge >= 0.3 is 0 Å². The molecule has 5 nitrogen and oxygen atoms in total. The summed E-state index contributed by atoms with van der Waals surface area (Å²) in [6.45, 7) is 0. The smallest absolute Gasteiger partial charge is 0.137 e. The molecule has 0 unspecified atom stereocenters. The number of imidazole rings is 2. The highest BCUT2D eigenvalue weighted by Gasteiger charge is 2.06. The molecule has 4 rings (SSSR count). The molecular formula is C19H17N5. The Morgan fingerprint density at radius 2 is 1.96 bits per heavy atom. The summed E-state index contributed by atoms with van der Waals surface area (Å²) in [5.41, 5.74) is 10.7. The zero-order chi connectivity index (χ0) is 16.5. The molecule has 4 aromatic rings. The lowest BCUT2D eigenvalue weighted by Crippen LogP contribution is -1.91. The monoisotopic (exact) mass is 315 g/mol. The number of benzene rings is 1. The lowest BCUT2D eigenvalue weighted by atomic mass is 10.1. The van der Waals surface area contributed by atoms with E-state index in [1.54, 1.807) is 6.20 Å². The molecule has 0 aliphatic rings. The number of nitrogens with two attached hydrogens (primary N) is 1. The standard InChI is InChI=1S/C19H17N5/c1-23-10-8-21-18(23)6-5-14-7-9-24-17(13-22-19(24)11-14)15-3-2-4-16(20)12-15/h2-13H,20H2,1H3/b6-5+. The van der Waals surface area contributed by atoms with Crippen LogP contribution in [0.25, 0.3) is 29.1 Å². The molecule has 3 heterocycles. The Bertz CT molecular complexity index is 1040. The average molecular weight is 315 g/mol. The Hall–Kier alpha value is -3.34. The maximum atomic E-state index is 5.88. The van der Waals surface area contributed by atoms with Crippen molar-refractivity contribution in [1.82, 2.24) is 18.9 Å². The number of hydrogen-bond acceptors (Lipinski definition) is 3. The van der Waals surface area contributed by atoms with E-state index < -0.39 is 0 Å². The second kappa shape index (κ2) is 5.70. The van der Waals surface area contributed by atoms with Crippen LogP contribution in [0, 0.1) is 0 Å². The fourth-order valence-electron chi connectivity index (χ4n) is 2.72. The van der Waals surface area contributed by atoms with Crippen LogP contribution in [0.3, 0.4) is 0 Å². The molecule has 1 aromatic carbocycles. The van der Waals surface area contributed by atoms with Crippen molar-refractivity contribution in [3.8, 4) is 11.3 Å². The summed E-state index contributed by atoms with van der Waals surface area (Å²) in [7, 11) is 1.97. The summed E-state index contributed by atoms with van der Waals surface area (Å²) in [4.78, 5) is 8.80. The number of pyridine rings is 1. The molecule has 0 bridgehead atoms. The van der Waals surface area contributed by atoms with Crippen molar-refractivity contribution in [2.75, 3.05) is 5.73 Å². The SMILES string of the molecule is Cn1ccnc1/C=C/c1ccn2c(-c3cccc(N)c3)cnc2c1. The minimum Gasteiger partial charge on any atom is -0.399 e. The van der Waals surface area contributed by atoms with Gasteiger partial charge in [-0.25, -0.2) is 9.97 Å². The van der Waals surface area contributed by atoms with Gasteiger partial charge in [-0.1, -0.05) is 18.2 Å². The van der Waals surface area contributed by atoms with E-state index in [1.165, 1.54) is 0 Å². The van der Waals surface area contributed by atoms with Crippen LogP contribution in [0.4, 0.5) is 5.69 Å². The number of rotatable bonds is 3. The first-order valence-corrected chi connectivity index (χ1v) is 7.69. The van der Waals surface area contributed by atoms with Crippen LogP contribution in [0.5, 0.6) is 0 Å². The van der Waals surface area contributed by atoms with E-state index in [-0.39, 0.29) is 0 Å². The van der Waals surface area contributed by atoms with Crippen LogP contribution in [0.15, 0.2) is 61.2 Å². The van der Waals surface area contributed by atoms with Crippen molar-refractivity contribution in [1.29, 1.82) is 0 Å². The Morgan fingerprint density at radius 1 is 1.04 bits per heavy atom. The van der Waals surface area contributed by atoms with E-state index in [0.29, 0.717) is 0 Å². The normalized spacial score (nSPS) is 11.5. The maximum absolute atomic E-state index is 5.88. The van der Waals surface area contributed by atoms with E-state index in [2.05, 4.69) is 26.5 Å². The Kier molecular flexibility index (Phi) is 3.39. The van der Waals surface area contributed by atoms with E-state index in [4.69, 9.17) is 5.73 Å². The van der Waals surface area contributed by atoms with Gasteiger partial charge in [-0.3, -0.25) is 4.40 Å². The lowest BCUT2D eigenvalue weighted by molar-refractivity contribution is 0.898. The first-order valence-electron chi connectivity index (χ1n) is 7.69. The number of aryl methyl sites for hydroxylation is 1. The van der Waals surface area contributed by atoms with Crippen LogP contribution in [0.1, 0.15) is 11.4 Å². The molecule has 24 heavy (non-hydrogen) atoms. The summed E-state index contributed by atoms with van der Waals surface area (Å²) in [5.74, 6) is 0.915. The number of hydrogen-bond donors (Lipinski definition) is 1. The molecule has 0 radical (unpaired) electrons. The molecule has 2 N–H and O–H groups in total. The highest BCUT2D eigenvalue weighted by molar-refractivity contribution is 5.71. The van der Waals surface area contributed by atoms with Crippen molar-refractivity contribution >= 4 is 23.5 Å². The predicted molar refractivity (Wildman–Crippen MR) is 97.2 cm³/mol. The number of anilines is 1. The van der Waals surface area contributed by atoms with Crippen LogP contribution >= 0.6 is 0 Å². The third-order valence-electron chi connectivity index (χ3n) is 4.00. The minimum absolute atomic E-state index is 0.747. The van der Waals surface area contributed by atoms with Crippen LogP contribution in [0.2, 0.25) is 0 Å². The fourth-order valence-corrected chi connectivity index (χ4v) is 2.72. The van der Waals surface area contributed by atoms with Crippen molar-refractivity contribution < 1.29 is 0 Å². The number of fused-ring (bicyclic) bond motifs is 1. The summed E-state index contributed by atoms with van der Waals surface area (Å²) in [5, 5.41) is 0. The zero-order valence-corrected chi connectivity index (χ0v) is 13.3. The van der Waals surface area contributed by atoms with Gasteiger partial charge in [0.15, 0.2) is 0 Å². The molecular weight excluding hydrogens is 298 g/mol. The summed E-state index contributed by atoms with van der Waals surface area (Å²) >= 11 is 0. The largest absolute Gasteiger partial charge is 0.399 e. The second-order valence-corrected chi connectivity index (χ2v) is 5.69. The van der Waals surface area contributed by atoms with E-state index in [9.17, 15) is 0 Å². The van der Waals surface area contributed by atoms with Gasteiger partial charge in [-0.05, 0) is 35.9 Å². The third-order valence-corrected chi connectivity index (χ3v) is 4.00. The predicted octanol–water partition coefficient (Wildman–Crippen LogP) is 3.49. The molecule has 0 saturated heterocycles. The molecule has 0 spiro atoms. The van der Waals surface area contributed by atoms with Gasteiger partial charge < -0.3 is 10.3 Å². The number of nitrogen functional groups attached to an aromatic ring is 1. The molecule has 3 aromatic heterocycles. The van der Waals surface area contributed by atoms with Crippen LogP contribution in [-0.2, 0) is 7.05 Å². The summed E-state index contributed by atoms with van der Waals surface area (Å²) < 4.78 is 4.04. The van der Waals surface area contributed by atoms with Crippen LogP contribution < -0.4 is 5.73 Å².